The predicted octanol–water partition coefficient (Wildman–Crippen LogP) is 2.28. The van der Waals surface area contributed by atoms with Crippen LogP contribution in [-0.2, 0) is 14.8 Å². The van der Waals surface area contributed by atoms with Crippen molar-refractivity contribution in [2.45, 2.75) is 68.3 Å². The van der Waals surface area contributed by atoms with E-state index < -0.39 is 16.0 Å². The molecule has 0 unspecified atom stereocenters. The van der Waals surface area contributed by atoms with Gasteiger partial charge in [0.1, 0.15) is 0 Å². The van der Waals surface area contributed by atoms with E-state index in [0.29, 0.717) is 31.2 Å². The average molecular weight is 394 g/mol. The zero-order chi connectivity index (χ0) is 19.4. The molecule has 2 fully saturated rings. The van der Waals surface area contributed by atoms with E-state index in [4.69, 9.17) is 5.11 Å². The Bertz CT molecular complexity index is 794. The van der Waals surface area contributed by atoms with Gasteiger partial charge in [-0.2, -0.15) is 0 Å². The van der Waals surface area contributed by atoms with E-state index in [1.54, 1.807) is 12.1 Å². The Balaban J connectivity index is 1.62. The Labute approximate surface area is 159 Å². The number of aliphatic carboxylic acids is 1. The van der Waals surface area contributed by atoms with E-state index in [-0.39, 0.29) is 28.8 Å². The van der Waals surface area contributed by atoms with Crippen LogP contribution in [0.1, 0.15) is 61.7 Å². The second-order valence-electron chi connectivity index (χ2n) is 7.49. The zero-order valence-electron chi connectivity index (χ0n) is 15.2. The highest BCUT2D eigenvalue weighted by atomic mass is 32.2. The van der Waals surface area contributed by atoms with Gasteiger partial charge in [0.2, 0.25) is 10.0 Å². The molecule has 27 heavy (non-hydrogen) atoms. The molecule has 2 saturated carbocycles. The first-order chi connectivity index (χ1) is 12.8. The Morgan fingerprint density at radius 2 is 1.63 bits per heavy atom. The van der Waals surface area contributed by atoms with Crippen molar-refractivity contribution in [1.82, 2.24) is 10.0 Å². The van der Waals surface area contributed by atoms with Crippen LogP contribution >= 0.6 is 0 Å². The lowest BCUT2D eigenvalue weighted by Gasteiger charge is -2.26. The van der Waals surface area contributed by atoms with Crippen LogP contribution < -0.4 is 10.0 Å². The highest BCUT2D eigenvalue weighted by Gasteiger charge is 2.27. The monoisotopic (exact) mass is 394 g/mol. The minimum Gasteiger partial charge on any atom is -0.481 e. The Morgan fingerprint density at radius 1 is 0.963 bits per heavy atom. The number of sulfonamides is 1. The number of carboxylic acids is 1. The third kappa shape index (κ3) is 5.07. The second-order valence-corrected chi connectivity index (χ2v) is 9.20. The normalized spacial score (nSPS) is 23.9. The number of benzene rings is 1. The van der Waals surface area contributed by atoms with Gasteiger partial charge in [0.25, 0.3) is 5.91 Å². The van der Waals surface area contributed by atoms with Gasteiger partial charge >= 0.3 is 5.97 Å². The third-order valence-corrected chi connectivity index (χ3v) is 7.01. The van der Waals surface area contributed by atoms with Gasteiger partial charge in [0.15, 0.2) is 0 Å². The number of carbonyl (C=O) groups is 2. The molecule has 1 aromatic carbocycles. The molecule has 2 aliphatic carbocycles. The molecule has 3 N–H and O–H groups in total. The summed E-state index contributed by atoms with van der Waals surface area (Å²) in [5.41, 5.74) is 0.296. The molecule has 1 aromatic rings. The van der Waals surface area contributed by atoms with E-state index >= 15 is 0 Å². The van der Waals surface area contributed by atoms with Crippen LogP contribution in [0.3, 0.4) is 0 Å². The molecule has 0 spiro atoms. The number of rotatable bonds is 6. The first-order valence-electron chi connectivity index (χ1n) is 9.51. The van der Waals surface area contributed by atoms with Gasteiger partial charge in [-0.15, -0.1) is 0 Å². The molecule has 7 nitrogen and oxygen atoms in total. The maximum Gasteiger partial charge on any atom is 0.306 e. The summed E-state index contributed by atoms with van der Waals surface area (Å²) in [6.07, 6.45) is 6.06. The Morgan fingerprint density at radius 3 is 2.26 bits per heavy atom. The fourth-order valence-corrected chi connectivity index (χ4v) is 5.24. The number of hydrogen-bond acceptors (Lipinski definition) is 4. The molecule has 8 heteroatoms. The summed E-state index contributed by atoms with van der Waals surface area (Å²) < 4.78 is 27.8. The van der Waals surface area contributed by atoms with Crippen LogP contribution in [0.5, 0.6) is 0 Å². The molecule has 0 atom stereocenters. The van der Waals surface area contributed by atoms with Gasteiger partial charge in [-0.05, 0) is 56.7 Å². The molecule has 3 rings (SSSR count). The summed E-state index contributed by atoms with van der Waals surface area (Å²) >= 11 is 0. The molecule has 0 radical (unpaired) electrons. The van der Waals surface area contributed by atoms with Gasteiger partial charge in [-0.25, -0.2) is 13.1 Å². The zero-order valence-corrected chi connectivity index (χ0v) is 16.0. The van der Waals surface area contributed by atoms with Gasteiger partial charge < -0.3 is 10.4 Å². The smallest absolute Gasteiger partial charge is 0.306 e. The van der Waals surface area contributed by atoms with E-state index in [1.165, 1.54) is 12.1 Å². The summed E-state index contributed by atoms with van der Waals surface area (Å²) in [6.45, 7) is 0. The van der Waals surface area contributed by atoms with Crippen molar-refractivity contribution >= 4 is 21.9 Å². The molecule has 0 aliphatic heterocycles. The molecule has 0 bridgehead atoms. The number of carboxylic acid groups (broad SMARTS) is 1. The van der Waals surface area contributed by atoms with Crippen molar-refractivity contribution in [2.24, 2.45) is 5.92 Å². The quantitative estimate of drug-likeness (QED) is 0.685. The third-order valence-electron chi connectivity index (χ3n) is 5.50. The van der Waals surface area contributed by atoms with Crippen LogP contribution in [-0.4, -0.2) is 37.5 Å². The lowest BCUT2D eigenvalue weighted by molar-refractivity contribution is -0.142. The molecule has 0 saturated heterocycles. The topological polar surface area (TPSA) is 113 Å². The first-order valence-corrected chi connectivity index (χ1v) is 11.0. The predicted molar refractivity (Wildman–Crippen MR) is 99.9 cm³/mol. The van der Waals surface area contributed by atoms with Gasteiger partial charge in [-0.3, -0.25) is 9.59 Å². The largest absolute Gasteiger partial charge is 0.481 e. The lowest BCUT2D eigenvalue weighted by atomic mass is 9.86. The summed E-state index contributed by atoms with van der Waals surface area (Å²) in [6, 6.07) is 5.94. The molecular weight excluding hydrogens is 368 g/mol. The van der Waals surface area contributed by atoms with Crippen molar-refractivity contribution < 1.29 is 23.1 Å². The summed E-state index contributed by atoms with van der Waals surface area (Å²) in [5, 5.41) is 11.9. The minimum atomic E-state index is -3.64. The van der Waals surface area contributed by atoms with Gasteiger partial charge in [0, 0.05) is 17.6 Å². The maximum absolute atomic E-state index is 12.6. The van der Waals surface area contributed by atoms with E-state index in [0.717, 1.165) is 25.7 Å². The molecule has 0 aromatic heterocycles. The van der Waals surface area contributed by atoms with Crippen molar-refractivity contribution in [3.8, 4) is 0 Å². The average Bonchev–Trinajstić information content (AvgIpc) is 3.14. The lowest BCUT2D eigenvalue weighted by Crippen LogP contribution is -2.38. The first kappa shape index (κ1) is 19.8. The van der Waals surface area contributed by atoms with Crippen molar-refractivity contribution in [1.29, 1.82) is 0 Å². The molecule has 2 aliphatic rings. The number of hydrogen-bond donors (Lipinski definition) is 3. The summed E-state index contributed by atoms with van der Waals surface area (Å²) in [5.74, 6) is -1.45. The summed E-state index contributed by atoms with van der Waals surface area (Å²) in [4.78, 5) is 23.6. The van der Waals surface area contributed by atoms with E-state index in [9.17, 15) is 18.0 Å². The second kappa shape index (κ2) is 8.39. The maximum atomic E-state index is 12.6. The number of nitrogens with one attached hydrogen (secondary N) is 2. The van der Waals surface area contributed by atoms with Crippen LogP contribution in [0.15, 0.2) is 29.2 Å². The molecular formula is C19H26N2O5S. The Kier molecular flexibility index (Phi) is 6.16. The Hall–Kier alpha value is -1.93. The van der Waals surface area contributed by atoms with Crippen molar-refractivity contribution in [2.75, 3.05) is 0 Å². The highest BCUT2D eigenvalue weighted by molar-refractivity contribution is 7.89. The standard InChI is InChI=1S/C19H26N2O5S/c22-18(20-15-10-8-13(9-11-15)19(23)24)14-4-3-7-17(12-14)27(25,26)21-16-5-1-2-6-16/h3-4,7,12-13,15-16,21H,1-2,5-6,8-11H2,(H,20,22)(H,23,24). The van der Waals surface area contributed by atoms with Crippen molar-refractivity contribution in [3.63, 3.8) is 0 Å². The molecule has 0 heterocycles. The highest BCUT2D eigenvalue weighted by Crippen LogP contribution is 2.25. The van der Waals surface area contributed by atoms with Crippen LogP contribution in [0.25, 0.3) is 0 Å². The summed E-state index contributed by atoms with van der Waals surface area (Å²) in [7, 11) is -3.64. The van der Waals surface area contributed by atoms with Crippen molar-refractivity contribution in [3.05, 3.63) is 29.8 Å². The van der Waals surface area contributed by atoms with E-state index in [1.807, 2.05) is 0 Å². The van der Waals surface area contributed by atoms with Crippen LogP contribution in [0.4, 0.5) is 0 Å². The SMILES string of the molecule is O=C(NC1CCC(C(=O)O)CC1)c1cccc(S(=O)(=O)NC2CCCC2)c1. The molecule has 148 valence electrons. The van der Waals surface area contributed by atoms with Crippen LogP contribution in [0, 0.1) is 5.92 Å². The van der Waals surface area contributed by atoms with Gasteiger partial charge in [0.05, 0.1) is 10.8 Å². The molecule has 1 amide bonds. The van der Waals surface area contributed by atoms with Crippen LogP contribution in [0.2, 0.25) is 0 Å². The number of amides is 1. The van der Waals surface area contributed by atoms with Gasteiger partial charge in [-0.1, -0.05) is 18.9 Å². The number of carbonyl (C=O) groups excluding carboxylic acids is 1. The van der Waals surface area contributed by atoms with E-state index in [2.05, 4.69) is 10.0 Å². The minimum absolute atomic E-state index is 0.0306. The fraction of sp³-hybridized carbons (Fsp3) is 0.579. The fourth-order valence-electron chi connectivity index (χ4n) is 3.89.